The lowest BCUT2D eigenvalue weighted by Crippen LogP contribution is -2.33. The highest BCUT2D eigenvalue weighted by molar-refractivity contribution is 5.63. The molecule has 2 aromatic carbocycles. The van der Waals surface area contributed by atoms with Gasteiger partial charge in [-0.1, -0.05) is 42.0 Å². The normalized spacial score (nSPS) is 15.8. The number of nitrogens with zero attached hydrogens (tertiary/aromatic N) is 2. The maximum atomic E-state index is 11.2. The van der Waals surface area contributed by atoms with Gasteiger partial charge in [0.05, 0.1) is 4.92 Å². The number of benzene rings is 2. The van der Waals surface area contributed by atoms with Crippen LogP contribution in [0.25, 0.3) is 0 Å². The fourth-order valence-corrected chi connectivity index (χ4v) is 3.26. The summed E-state index contributed by atoms with van der Waals surface area (Å²) in [6.45, 7) is 3.85. The first-order valence-corrected chi connectivity index (χ1v) is 7.70. The highest BCUT2D eigenvalue weighted by Gasteiger charge is 2.25. The number of piperidine rings is 1. The largest absolute Gasteiger partial charge is 0.366 e. The number of nitro benzene ring substituents is 1. The highest BCUT2D eigenvalue weighted by atomic mass is 16.6. The summed E-state index contributed by atoms with van der Waals surface area (Å²) in [7, 11) is 0. The lowest BCUT2D eigenvalue weighted by atomic mass is 9.88. The summed E-state index contributed by atoms with van der Waals surface area (Å²) in [4.78, 5) is 13.0. The molecule has 0 saturated carbocycles. The third-order valence-electron chi connectivity index (χ3n) is 4.43. The van der Waals surface area contributed by atoms with Crippen LogP contribution >= 0.6 is 0 Å². The number of para-hydroxylation sites is 2. The molecule has 1 aliphatic rings. The second-order valence-corrected chi connectivity index (χ2v) is 5.92. The van der Waals surface area contributed by atoms with Crippen molar-refractivity contribution >= 4 is 11.4 Å². The molecule has 0 spiro atoms. The zero-order valence-electron chi connectivity index (χ0n) is 12.7. The molecule has 0 radical (unpaired) electrons. The minimum absolute atomic E-state index is 0.205. The minimum atomic E-state index is -0.290. The average molecular weight is 296 g/mol. The quantitative estimate of drug-likeness (QED) is 0.627. The van der Waals surface area contributed by atoms with Gasteiger partial charge in [-0.05, 0) is 37.3 Å². The summed E-state index contributed by atoms with van der Waals surface area (Å²) in [6, 6.07) is 15.7. The first-order valence-electron chi connectivity index (χ1n) is 7.70. The van der Waals surface area contributed by atoms with Crippen molar-refractivity contribution in [3.05, 3.63) is 69.8 Å². The molecule has 3 rings (SSSR count). The first kappa shape index (κ1) is 14.6. The van der Waals surface area contributed by atoms with Gasteiger partial charge in [0, 0.05) is 19.2 Å². The Labute approximate surface area is 130 Å². The van der Waals surface area contributed by atoms with Crippen LogP contribution in [0.4, 0.5) is 11.4 Å². The summed E-state index contributed by atoms with van der Waals surface area (Å²) in [5, 5.41) is 11.2. The number of hydrogen-bond donors (Lipinski definition) is 0. The van der Waals surface area contributed by atoms with Crippen molar-refractivity contribution in [1.29, 1.82) is 0 Å². The van der Waals surface area contributed by atoms with Gasteiger partial charge < -0.3 is 4.90 Å². The van der Waals surface area contributed by atoms with E-state index in [9.17, 15) is 10.1 Å². The third kappa shape index (κ3) is 2.96. The van der Waals surface area contributed by atoms with Crippen molar-refractivity contribution in [2.24, 2.45) is 0 Å². The minimum Gasteiger partial charge on any atom is -0.366 e. The number of anilines is 1. The van der Waals surface area contributed by atoms with Gasteiger partial charge in [0.15, 0.2) is 0 Å². The molecule has 1 saturated heterocycles. The molecule has 1 heterocycles. The topological polar surface area (TPSA) is 46.4 Å². The molecular formula is C18H20N2O2. The Balaban J connectivity index is 1.73. The van der Waals surface area contributed by atoms with E-state index in [0.29, 0.717) is 5.92 Å². The molecule has 114 valence electrons. The summed E-state index contributed by atoms with van der Waals surface area (Å²) < 4.78 is 0. The fraction of sp³-hybridized carbons (Fsp3) is 0.333. The van der Waals surface area contributed by atoms with Gasteiger partial charge in [-0.3, -0.25) is 10.1 Å². The van der Waals surface area contributed by atoms with Crippen molar-refractivity contribution in [3.63, 3.8) is 0 Å². The number of hydrogen-bond acceptors (Lipinski definition) is 3. The van der Waals surface area contributed by atoms with Gasteiger partial charge in [0.25, 0.3) is 5.69 Å². The monoisotopic (exact) mass is 296 g/mol. The standard InChI is InChI=1S/C18H20N2O2/c1-14-5-4-6-16(13-14)15-9-11-19(12-10-15)17-7-2-3-8-18(17)20(21)22/h2-8,13,15H,9-12H2,1H3. The molecule has 4 nitrogen and oxygen atoms in total. The zero-order valence-corrected chi connectivity index (χ0v) is 12.7. The molecule has 1 aliphatic heterocycles. The maximum Gasteiger partial charge on any atom is 0.292 e. The molecule has 0 aliphatic carbocycles. The molecule has 0 N–H and O–H groups in total. The molecule has 0 bridgehead atoms. The van der Waals surface area contributed by atoms with Crippen molar-refractivity contribution in [2.75, 3.05) is 18.0 Å². The number of rotatable bonds is 3. The van der Waals surface area contributed by atoms with E-state index >= 15 is 0 Å². The molecule has 0 unspecified atom stereocenters. The van der Waals surface area contributed by atoms with Crippen LogP contribution in [0.1, 0.15) is 29.9 Å². The second kappa shape index (κ2) is 6.18. The van der Waals surface area contributed by atoms with Crippen LogP contribution in [0.5, 0.6) is 0 Å². The molecule has 1 fully saturated rings. The Morgan fingerprint density at radius 3 is 2.50 bits per heavy atom. The SMILES string of the molecule is Cc1cccc(C2CCN(c3ccccc3[N+](=O)[O-])CC2)c1. The lowest BCUT2D eigenvalue weighted by Gasteiger charge is -2.33. The smallest absolute Gasteiger partial charge is 0.292 e. The predicted octanol–water partition coefficient (Wildman–Crippen LogP) is 4.29. The van der Waals surface area contributed by atoms with E-state index in [4.69, 9.17) is 0 Å². The highest BCUT2D eigenvalue weighted by Crippen LogP contribution is 2.34. The Bertz CT molecular complexity index is 676. The Kier molecular flexibility index (Phi) is 4.09. The first-order chi connectivity index (χ1) is 10.6. The van der Waals surface area contributed by atoms with Crippen LogP contribution in [-0.2, 0) is 0 Å². The van der Waals surface area contributed by atoms with Crippen molar-refractivity contribution in [3.8, 4) is 0 Å². The number of aryl methyl sites for hydroxylation is 1. The molecule has 0 atom stereocenters. The van der Waals surface area contributed by atoms with Crippen molar-refractivity contribution in [1.82, 2.24) is 0 Å². The second-order valence-electron chi connectivity index (χ2n) is 5.92. The summed E-state index contributed by atoms with van der Waals surface area (Å²) in [5.74, 6) is 0.555. The Morgan fingerprint density at radius 1 is 1.09 bits per heavy atom. The summed E-state index contributed by atoms with van der Waals surface area (Å²) >= 11 is 0. The van der Waals surface area contributed by atoms with Gasteiger partial charge in [-0.15, -0.1) is 0 Å². The van der Waals surface area contributed by atoms with Crippen LogP contribution < -0.4 is 4.90 Å². The molecular weight excluding hydrogens is 276 g/mol. The van der Waals surface area contributed by atoms with E-state index in [1.165, 1.54) is 11.1 Å². The van der Waals surface area contributed by atoms with Gasteiger partial charge in [0.2, 0.25) is 0 Å². The van der Waals surface area contributed by atoms with Crippen molar-refractivity contribution in [2.45, 2.75) is 25.7 Å². The van der Waals surface area contributed by atoms with Gasteiger partial charge >= 0.3 is 0 Å². The molecule has 0 amide bonds. The van der Waals surface area contributed by atoms with Crippen molar-refractivity contribution < 1.29 is 4.92 Å². The zero-order chi connectivity index (χ0) is 15.5. The van der Waals surface area contributed by atoms with E-state index in [1.54, 1.807) is 12.1 Å². The van der Waals surface area contributed by atoms with Crippen LogP contribution in [-0.4, -0.2) is 18.0 Å². The maximum absolute atomic E-state index is 11.2. The average Bonchev–Trinajstić information content (AvgIpc) is 2.55. The lowest BCUT2D eigenvalue weighted by molar-refractivity contribution is -0.384. The Hall–Kier alpha value is -2.36. The molecule has 4 heteroatoms. The fourth-order valence-electron chi connectivity index (χ4n) is 3.26. The van der Waals surface area contributed by atoms with Gasteiger partial charge in [-0.2, -0.15) is 0 Å². The van der Waals surface area contributed by atoms with E-state index in [0.717, 1.165) is 31.6 Å². The molecule has 2 aromatic rings. The molecule has 22 heavy (non-hydrogen) atoms. The van der Waals surface area contributed by atoms with Crippen LogP contribution in [0, 0.1) is 17.0 Å². The van der Waals surface area contributed by atoms with Gasteiger partial charge in [-0.25, -0.2) is 0 Å². The van der Waals surface area contributed by atoms with Crippen LogP contribution in [0.2, 0.25) is 0 Å². The van der Waals surface area contributed by atoms with Gasteiger partial charge in [0.1, 0.15) is 5.69 Å². The van der Waals surface area contributed by atoms with Crippen LogP contribution in [0.3, 0.4) is 0 Å². The summed E-state index contributed by atoms with van der Waals surface area (Å²) in [5.41, 5.74) is 3.63. The molecule has 0 aromatic heterocycles. The van der Waals surface area contributed by atoms with E-state index in [2.05, 4.69) is 36.1 Å². The van der Waals surface area contributed by atoms with E-state index in [-0.39, 0.29) is 10.6 Å². The van der Waals surface area contributed by atoms with E-state index in [1.807, 2.05) is 12.1 Å². The Morgan fingerprint density at radius 2 is 1.82 bits per heavy atom. The predicted molar refractivity (Wildman–Crippen MR) is 88.5 cm³/mol. The third-order valence-corrected chi connectivity index (χ3v) is 4.43. The van der Waals surface area contributed by atoms with E-state index < -0.39 is 0 Å². The summed E-state index contributed by atoms with van der Waals surface area (Å²) in [6.07, 6.45) is 2.07. The number of nitro groups is 1. The van der Waals surface area contributed by atoms with Crippen LogP contribution in [0.15, 0.2) is 48.5 Å².